The van der Waals surface area contributed by atoms with Gasteiger partial charge in [0.15, 0.2) is 5.82 Å². The Morgan fingerprint density at radius 3 is 3.12 bits per heavy atom. The van der Waals surface area contributed by atoms with Gasteiger partial charge in [-0.05, 0) is 19.4 Å². The lowest BCUT2D eigenvalue weighted by Gasteiger charge is -2.19. The van der Waals surface area contributed by atoms with Crippen LogP contribution in [0.4, 0.5) is 0 Å². The quantitative estimate of drug-likeness (QED) is 0.795. The monoisotopic (exact) mass is 219 g/mol. The van der Waals surface area contributed by atoms with Gasteiger partial charge in [-0.3, -0.25) is 0 Å². The minimum Gasteiger partial charge on any atom is -0.342 e. The van der Waals surface area contributed by atoms with Crippen LogP contribution in [0.15, 0.2) is 16.9 Å². The molecule has 2 N–H and O–H groups in total. The molecule has 0 radical (unpaired) electrons. The maximum Gasteiger partial charge on any atom is 0.244 e. The molecular weight excluding hydrogens is 206 g/mol. The molecule has 0 unspecified atom stereocenters. The number of nitrogens with zero attached hydrogens (tertiary/aromatic N) is 3. The van der Waals surface area contributed by atoms with Gasteiger partial charge < -0.3 is 14.8 Å². The van der Waals surface area contributed by atoms with E-state index in [1.54, 1.807) is 12.4 Å². The third kappa shape index (κ3) is 1.71. The van der Waals surface area contributed by atoms with Crippen LogP contribution in [0.2, 0.25) is 0 Å². The van der Waals surface area contributed by atoms with Gasteiger partial charge in [-0.1, -0.05) is 11.6 Å². The Bertz CT molecular complexity index is 443. The molecule has 0 spiro atoms. The van der Waals surface area contributed by atoms with E-state index < -0.39 is 0 Å². The first-order chi connectivity index (χ1) is 7.93. The lowest BCUT2D eigenvalue weighted by Crippen LogP contribution is -2.26. The number of aromatic nitrogens is 4. The standard InChI is InChI=1S/C10H13N5O/c1-2-4-11-7(3-1)10-14-9(15-16-10)8-12-5-6-13-8/h5-7,11H,1-4H2,(H,12,13)/t7-/m0/s1. The van der Waals surface area contributed by atoms with Crippen LogP contribution in [-0.4, -0.2) is 26.7 Å². The van der Waals surface area contributed by atoms with E-state index in [1.165, 1.54) is 12.8 Å². The molecule has 0 bridgehead atoms. The van der Waals surface area contributed by atoms with Gasteiger partial charge in [-0.15, -0.1) is 0 Å². The van der Waals surface area contributed by atoms with Crippen molar-refractivity contribution in [2.24, 2.45) is 0 Å². The Morgan fingerprint density at radius 2 is 2.38 bits per heavy atom. The Morgan fingerprint density at radius 1 is 1.38 bits per heavy atom. The molecular formula is C10H13N5O. The van der Waals surface area contributed by atoms with Crippen molar-refractivity contribution in [3.05, 3.63) is 18.3 Å². The zero-order valence-electron chi connectivity index (χ0n) is 8.81. The van der Waals surface area contributed by atoms with Gasteiger partial charge in [0.25, 0.3) is 0 Å². The molecule has 6 nitrogen and oxygen atoms in total. The summed E-state index contributed by atoms with van der Waals surface area (Å²) >= 11 is 0. The van der Waals surface area contributed by atoms with Gasteiger partial charge >= 0.3 is 0 Å². The third-order valence-electron chi connectivity index (χ3n) is 2.76. The number of aromatic amines is 1. The smallest absolute Gasteiger partial charge is 0.244 e. The van der Waals surface area contributed by atoms with Gasteiger partial charge in [0.2, 0.25) is 11.7 Å². The second-order valence-electron chi connectivity index (χ2n) is 3.90. The van der Waals surface area contributed by atoms with Crippen molar-refractivity contribution in [2.45, 2.75) is 25.3 Å². The maximum atomic E-state index is 5.24. The summed E-state index contributed by atoms with van der Waals surface area (Å²) in [7, 11) is 0. The molecule has 0 aromatic carbocycles. The SMILES string of the molecule is c1c[nH]c(-c2noc([C@@H]3CCCCN3)n2)n1. The van der Waals surface area contributed by atoms with E-state index in [4.69, 9.17) is 4.52 Å². The van der Waals surface area contributed by atoms with E-state index in [9.17, 15) is 0 Å². The second kappa shape index (κ2) is 4.05. The van der Waals surface area contributed by atoms with Crippen molar-refractivity contribution < 1.29 is 4.52 Å². The molecule has 2 aromatic heterocycles. The summed E-state index contributed by atoms with van der Waals surface area (Å²) in [5.74, 6) is 1.82. The van der Waals surface area contributed by atoms with Crippen LogP contribution in [0.1, 0.15) is 31.2 Å². The van der Waals surface area contributed by atoms with Crippen molar-refractivity contribution in [3.8, 4) is 11.6 Å². The molecule has 1 aliphatic rings. The van der Waals surface area contributed by atoms with E-state index in [0.29, 0.717) is 17.5 Å². The first-order valence-electron chi connectivity index (χ1n) is 5.50. The van der Waals surface area contributed by atoms with Gasteiger partial charge in [-0.2, -0.15) is 4.98 Å². The van der Waals surface area contributed by atoms with Crippen molar-refractivity contribution >= 4 is 0 Å². The summed E-state index contributed by atoms with van der Waals surface area (Å²) in [5, 5.41) is 7.28. The van der Waals surface area contributed by atoms with E-state index in [2.05, 4.69) is 25.4 Å². The maximum absolute atomic E-state index is 5.24. The van der Waals surface area contributed by atoms with Crippen molar-refractivity contribution in [2.75, 3.05) is 6.54 Å². The lowest BCUT2D eigenvalue weighted by molar-refractivity contribution is 0.297. The van der Waals surface area contributed by atoms with Crippen molar-refractivity contribution in [1.82, 2.24) is 25.4 Å². The van der Waals surface area contributed by atoms with Gasteiger partial charge in [0, 0.05) is 12.4 Å². The van der Waals surface area contributed by atoms with Crippen molar-refractivity contribution in [1.29, 1.82) is 0 Å². The van der Waals surface area contributed by atoms with Gasteiger partial charge in [0.1, 0.15) is 0 Å². The summed E-state index contributed by atoms with van der Waals surface area (Å²) in [6, 6.07) is 0.199. The first-order valence-corrected chi connectivity index (χ1v) is 5.50. The summed E-state index contributed by atoms with van der Waals surface area (Å²) < 4.78 is 5.24. The minimum absolute atomic E-state index is 0.199. The summed E-state index contributed by atoms with van der Waals surface area (Å²) in [5.41, 5.74) is 0. The predicted octanol–water partition coefficient (Wildman–Crippen LogP) is 1.27. The number of rotatable bonds is 2. The average Bonchev–Trinajstić information content (AvgIpc) is 3.01. The molecule has 0 saturated carbocycles. The number of piperidine rings is 1. The van der Waals surface area contributed by atoms with Crippen LogP contribution in [0.5, 0.6) is 0 Å². The number of hydrogen-bond donors (Lipinski definition) is 2. The van der Waals surface area contributed by atoms with Crippen LogP contribution >= 0.6 is 0 Å². The highest BCUT2D eigenvalue weighted by Gasteiger charge is 2.21. The molecule has 16 heavy (non-hydrogen) atoms. The predicted molar refractivity (Wildman–Crippen MR) is 56.5 cm³/mol. The Labute approximate surface area is 92.5 Å². The Kier molecular flexibility index (Phi) is 2.41. The fraction of sp³-hybridized carbons (Fsp3) is 0.500. The molecule has 6 heteroatoms. The van der Waals surface area contributed by atoms with Crippen molar-refractivity contribution in [3.63, 3.8) is 0 Å². The Hall–Kier alpha value is -1.69. The van der Waals surface area contributed by atoms with Crippen LogP contribution in [0.3, 0.4) is 0 Å². The minimum atomic E-state index is 0.199. The molecule has 1 saturated heterocycles. The molecule has 0 aliphatic carbocycles. The number of imidazole rings is 1. The third-order valence-corrected chi connectivity index (χ3v) is 2.76. The molecule has 2 aromatic rings. The normalized spacial score (nSPS) is 21.1. The molecule has 1 fully saturated rings. The van der Waals surface area contributed by atoms with Crippen LogP contribution in [0, 0.1) is 0 Å². The highest BCUT2D eigenvalue weighted by atomic mass is 16.5. The molecule has 3 rings (SSSR count). The molecule has 0 amide bonds. The first kappa shape index (κ1) is 9.53. The number of hydrogen-bond acceptors (Lipinski definition) is 5. The highest BCUT2D eigenvalue weighted by Crippen LogP contribution is 2.22. The topological polar surface area (TPSA) is 79.6 Å². The molecule has 84 valence electrons. The average molecular weight is 219 g/mol. The zero-order valence-corrected chi connectivity index (χ0v) is 8.81. The number of H-pyrrole nitrogens is 1. The fourth-order valence-corrected chi connectivity index (χ4v) is 1.92. The summed E-state index contributed by atoms with van der Waals surface area (Å²) in [6.45, 7) is 1.02. The van der Waals surface area contributed by atoms with E-state index in [0.717, 1.165) is 13.0 Å². The summed E-state index contributed by atoms with van der Waals surface area (Å²) in [6.07, 6.45) is 6.89. The summed E-state index contributed by atoms with van der Waals surface area (Å²) in [4.78, 5) is 11.4. The van der Waals surface area contributed by atoms with Gasteiger partial charge in [0.05, 0.1) is 6.04 Å². The van der Waals surface area contributed by atoms with Crippen LogP contribution in [0.25, 0.3) is 11.6 Å². The largest absolute Gasteiger partial charge is 0.342 e. The van der Waals surface area contributed by atoms with Crippen LogP contribution in [-0.2, 0) is 0 Å². The highest BCUT2D eigenvalue weighted by molar-refractivity contribution is 5.40. The number of nitrogens with one attached hydrogen (secondary N) is 2. The zero-order chi connectivity index (χ0) is 10.8. The molecule has 1 aliphatic heterocycles. The van der Waals surface area contributed by atoms with Crippen LogP contribution < -0.4 is 5.32 Å². The van der Waals surface area contributed by atoms with E-state index in [1.807, 2.05) is 0 Å². The van der Waals surface area contributed by atoms with E-state index >= 15 is 0 Å². The molecule has 1 atom stereocenters. The van der Waals surface area contributed by atoms with E-state index in [-0.39, 0.29) is 6.04 Å². The second-order valence-corrected chi connectivity index (χ2v) is 3.90. The fourth-order valence-electron chi connectivity index (χ4n) is 1.92. The molecule has 3 heterocycles. The lowest BCUT2D eigenvalue weighted by atomic mass is 10.1. The Balaban J connectivity index is 1.82. The van der Waals surface area contributed by atoms with Gasteiger partial charge in [-0.25, -0.2) is 4.98 Å².